The lowest BCUT2D eigenvalue weighted by molar-refractivity contribution is 0.0978. The predicted octanol–water partition coefficient (Wildman–Crippen LogP) is 3.26. The second-order valence-electron chi connectivity index (χ2n) is 5.53. The van der Waals surface area contributed by atoms with Gasteiger partial charge < -0.3 is 5.73 Å². The Hall–Kier alpha value is -0.0800. The van der Waals surface area contributed by atoms with Crippen molar-refractivity contribution in [1.29, 1.82) is 0 Å². The van der Waals surface area contributed by atoms with E-state index in [0.717, 1.165) is 12.5 Å². The van der Waals surface area contributed by atoms with Gasteiger partial charge in [-0.25, -0.2) is 0 Å². The van der Waals surface area contributed by atoms with Gasteiger partial charge in [0.1, 0.15) is 0 Å². The van der Waals surface area contributed by atoms with E-state index < -0.39 is 0 Å². The maximum atomic E-state index is 6.05. The van der Waals surface area contributed by atoms with Gasteiger partial charge >= 0.3 is 0 Å². The molecule has 0 aliphatic heterocycles. The average molecular weight is 228 g/mol. The fourth-order valence-electron chi connectivity index (χ4n) is 2.49. The van der Waals surface area contributed by atoms with Crippen molar-refractivity contribution in [2.75, 3.05) is 20.1 Å². The van der Waals surface area contributed by atoms with Crippen LogP contribution in [0.3, 0.4) is 0 Å². The number of hydrogen-bond acceptors (Lipinski definition) is 2. The lowest BCUT2D eigenvalue weighted by atomic mass is 9.86. The van der Waals surface area contributed by atoms with Gasteiger partial charge in [-0.3, -0.25) is 4.90 Å². The van der Waals surface area contributed by atoms with Crippen molar-refractivity contribution in [3.63, 3.8) is 0 Å². The van der Waals surface area contributed by atoms with Crippen molar-refractivity contribution >= 4 is 0 Å². The monoisotopic (exact) mass is 228 g/mol. The topological polar surface area (TPSA) is 29.3 Å². The average Bonchev–Trinajstić information content (AvgIpc) is 2.25. The van der Waals surface area contributed by atoms with Crippen LogP contribution in [0.2, 0.25) is 0 Å². The van der Waals surface area contributed by atoms with Gasteiger partial charge in [-0.1, -0.05) is 40.5 Å². The fourth-order valence-corrected chi connectivity index (χ4v) is 2.49. The summed E-state index contributed by atoms with van der Waals surface area (Å²) >= 11 is 0. The summed E-state index contributed by atoms with van der Waals surface area (Å²) in [6.45, 7) is 11.1. The van der Waals surface area contributed by atoms with Gasteiger partial charge in [0.15, 0.2) is 0 Å². The number of nitrogens with zero attached hydrogens (tertiary/aromatic N) is 1. The van der Waals surface area contributed by atoms with Gasteiger partial charge in [0.25, 0.3) is 0 Å². The number of likely N-dealkylation sites (N-methyl/N-ethyl adjacent to an activating group) is 1. The lowest BCUT2D eigenvalue weighted by Crippen LogP contribution is -2.52. The smallest absolute Gasteiger partial charge is 0.0328 e. The second kappa shape index (κ2) is 8.08. The van der Waals surface area contributed by atoms with Crippen LogP contribution >= 0.6 is 0 Å². The molecule has 2 heteroatoms. The quantitative estimate of drug-likeness (QED) is 0.656. The first kappa shape index (κ1) is 15.9. The van der Waals surface area contributed by atoms with Gasteiger partial charge in [0, 0.05) is 12.1 Å². The Morgan fingerprint density at radius 2 is 1.62 bits per heavy atom. The van der Waals surface area contributed by atoms with Gasteiger partial charge in [-0.05, 0) is 38.8 Å². The minimum Gasteiger partial charge on any atom is -0.329 e. The SMILES string of the molecule is CCCC(CN)(CCC)N(C)CCC(C)C. The highest BCUT2D eigenvalue weighted by molar-refractivity contribution is 4.89. The molecular weight excluding hydrogens is 196 g/mol. The molecule has 0 heterocycles. The molecule has 0 aromatic heterocycles. The first-order valence-corrected chi connectivity index (χ1v) is 6.93. The molecule has 0 unspecified atom stereocenters. The second-order valence-corrected chi connectivity index (χ2v) is 5.53. The molecular formula is C14H32N2. The molecule has 16 heavy (non-hydrogen) atoms. The highest BCUT2D eigenvalue weighted by Crippen LogP contribution is 2.25. The molecule has 2 N–H and O–H groups in total. The van der Waals surface area contributed by atoms with E-state index in [1.54, 1.807) is 0 Å². The maximum absolute atomic E-state index is 6.05. The Balaban J connectivity index is 4.45. The first-order valence-electron chi connectivity index (χ1n) is 6.93. The summed E-state index contributed by atoms with van der Waals surface area (Å²) in [4.78, 5) is 2.51. The van der Waals surface area contributed by atoms with E-state index in [4.69, 9.17) is 5.73 Å². The van der Waals surface area contributed by atoms with Crippen LogP contribution in [0.15, 0.2) is 0 Å². The Bertz CT molecular complexity index is 160. The zero-order valence-corrected chi connectivity index (χ0v) is 12.1. The van der Waals surface area contributed by atoms with E-state index in [1.165, 1.54) is 38.6 Å². The summed E-state index contributed by atoms with van der Waals surface area (Å²) < 4.78 is 0. The molecule has 0 bridgehead atoms. The summed E-state index contributed by atoms with van der Waals surface area (Å²) in [6, 6.07) is 0. The third-order valence-corrected chi connectivity index (χ3v) is 3.66. The van der Waals surface area contributed by atoms with Gasteiger partial charge in [0.2, 0.25) is 0 Å². The summed E-state index contributed by atoms with van der Waals surface area (Å²) in [5, 5.41) is 0. The zero-order chi connectivity index (χ0) is 12.6. The molecule has 0 rings (SSSR count). The first-order chi connectivity index (χ1) is 7.52. The molecule has 0 aromatic rings. The lowest BCUT2D eigenvalue weighted by Gasteiger charge is -2.42. The molecule has 98 valence electrons. The van der Waals surface area contributed by atoms with Crippen LogP contribution in [-0.2, 0) is 0 Å². The van der Waals surface area contributed by atoms with E-state index >= 15 is 0 Å². The standard InChI is InChI=1S/C14H32N2/c1-6-9-14(12-15,10-7-2)16(5)11-8-13(3)4/h13H,6-12,15H2,1-5H3. The van der Waals surface area contributed by atoms with Crippen molar-refractivity contribution in [2.24, 2.45) is 11.7 Å². The van der Waals surface area contributed by atoms with Crippen LogP contribution in [-0.4, -0.2) is 30.6 Å². The molecule has 0 amide bonds. The highest BCUT2D eigenvalue weighted by atomic mass is 15.2. The van der Waals surface area contributed by atoms with Gasteiger partial charge in [-0.15, -0.1) is 0 Å². The molecule has 0 aliphatic carbocycles. The van der Waals surface area contributed by atoms with Crippen LogP contribution in [0.25, 0.3) is 0 Å². The Morgan fingerprint density at radius 3 is 1.94 bits per heavy atom. The summed E-state index contributed by atoms with van der Waals surface area (Å²) in [5.41, 5.74) is 6.29. The van der Waals surface area contributed by atoms with Crippen molar-refractivity contribution in [1.82, 2.24) is 4.90 Å². The molecule has 0 radical (unpaired) electrons. The van der Waals surface area contributed by atoms with Crippen LogP contribution < -0.4 is 5.73 Å². The van der Waals surface area contributed by atoms with Gasteiger partial charge in [0.05, 0.1) is 0 Å². The van der Waals surface area contributed by atoms with Crippen LogP contribution in [0, 0.1) is 5.92 Å². The molecule has 2 nitrogen and oxygen atoms in total. The number of hydrogen-bond donors (Lipinski definition) is 1. The van der Waals surface area contributed by atoms with Crippen LogP contribution in [0.5, 0.6) is 0 Å². The van der Waals surface area contributed by atoms with E-state index in [0.29, 0.717) is 0 Å². The van der Waals surface area contributed by atoms with Crippen molar-refractivity contribution in [3.8, 4) is 0 Å². The van der Waals surface area contributed by atoms with Crippen LogP contribution in [0.1, 0.15) is 59.8 Å². The fraction of sp³-hybridized carbons (Fsp3) is 1.00. The molecule has 0 saturated carbocycles. The molecule has 0 atom stereocenters. The highest BCUT2D eigenvalue weighted by Gasteiger charge is 2.30. The minimum atomic E-state index is 0.248. The van der Waals surface area contributed by atoms with Crippen LogP contribution in [0.4, 0.5) is 0 Å². The van der Waals surface area contributed by atoms with E-state index in [2.05, 4.69) is 39.6 Å². The van der Waals surface area contributed by atoms with Crippen molar-refractivity contribution in [2.45, 2.75) is 65.3 Å². The third-order valence-electron chi connectivity index (χ3n) is 3.66. The Morgan fingerprint density at radius 1 is 1.12 bits per heavy atom. The normalized spacial score (nSPS) is 12.8. The molecule has 0 aromatic carbocycles. The number of rotatable bonds is 9. The van der Waals surface area contributed by atoms with Gasteiger partial charge in [-0.2, -0.15) is 0 Å². The minimum absolute atomic E-state index is 0.248. The largest absolute Gasteiger partial charge is 0.329 e. The van der Waals surface area contributed by atoms with Crippen molar-refractivity contribution < 1.29 is 0 Å². The van der Waals surface area contributed by atoms with E-state index in [-0.39, 0.29) is 5.54 Å². The summed E-state index contributed by atoms with van der Waals surface area (Å²) in [6.07, 6.45) is 6.18. The predicted molar refractivity (Wildman–Crippen MR) is 73.7 cm³/mol. The number of nitrogens with two attached hydrogens (primary N) is 1. The zero-order valence-electron chi connectivity index (χ0n) is 12.1. The Labute approximate surface area is 103 Å². The molecule has 0 saturated heterocycles. The molecule has 0 aliphatic rings. The molecule has 0 spiro atoms. The molecule has 0 fully saturated rings. The Kier molecular flexibility index (Phi) is 8.04. The van der Waals surface area contributed by atoms with E-state index in [1.807, 2.05) is 0 Å². The maximum Gasteiger partial charge on any atom is 0.0328 e. The third kappa shape index (κ3) is 4.84. The van der Waals surface area contributed by atoms with Crippen molar-refractivity contribution in [3.05, 3.63) is 0 Å². The summed E-state index contributed by atoms with van der Waals surface area (Å²) in [5.74, 6) is 0.779. The summed E-state index contributed by atoms with van der Waals surface area (Å²) in [7, 11) is 2.25. The van der Waals surface area contributed by atoms with E-state index in [9.17, 15) is 0 Å².